The molecule has 1 aliphatic carbocycles. The largest absolute Gasteiger partial charge is 0.0798 e. The zero-order chi connectivity index (χ0) is 9.84. The molecule has 0 aromatic heterocycles. The molecule has 0 amide bonds. The van der Waals surface area contributed by atoms with E-state index in [-0.39, 0.29) is 0 Å². The summed E-state index contributed by atoms with van der Waals surface area (Å²) in [4.78, 5) is 0. The fourth-order valence-corrected chi connectivity index (χ4v) is 1.86. The molecule has 0 bridgehead atoms. The average molecular weight is 176 g/mol. The van der Waals surface area contributed by atoms with E-state index in [9.17, 15) is 0 Å². The van der Waals surface area contributed by atoms with Gasteiger partial charge in [-0.3, -0.25) is 0 Å². The summed E-state index contributed by atoms with van der Waals surface area (Å²) in [7, 11) is 0. The molecule has 0 fully saturated rings. The first-order chi connectivity index (χ1) is 6.13. The Labute approximate surface area is 82.0 Å². The van der Waals surface area contributed by atoms with E-state index in [0.29, 0.717) is 11.8 Å². The summed E-state index contributed by atoms with van der Waals surface area (Å²) in [6.07, 6.45) is 10.6. The number of allylic oxidation sites excluding steroid dienone is 6. The molecule has 2 atom stereocenters. The Morgan fingerprint density at radius 2 is 2.15 bits per heavy atom. The molecule has 0 spiro atoms. The van der Waals surface area contributed by atoms with Gasteiger partial charge in [-0.15, -0.1) is 0 Å². The molecule has 0 aromatic carbocycles. The highest BCUT2D eigenvalue weighted by molar-refractivity contribution is 5.26. The highest BCUT2D eigenvalue weighted by atomic mass is 14.2. The molecule has 72 valence electrons. The predicted molar refractivity (Wildman–Crippen MR) is 59.6 cm³/mol. The lowest BCUT2D eigenvalue weighted by molar-refractivity contribution is 0.528. The van der Waals surface area contributed by atoms with E-state index >= 15 is 0 Å². The van der Waals surface area contributed by atoms with Crippen molar-refractivity contribution in [2.45, 2.75) is 34.1 Å². The first kappa shape index (κ1) is 10.3. The molecule has 0 radical (unpaired) electrons. The minimum atomic E-state index is 0.624. The van der Waals surface area contributed by atoms with Crippen molar-refractivity contribution in [1.82, 2.24) is 0 Å². The summed E-state index contributed by atoms with van der Waals surface area (Å²) in [5.74, 6) is 1.33. The van der Waals surface area contributed by atoms with Crippen LogP contribution in [0.15, 0.2) is 35.5 Å². The molecule has 1 unspecified atom stereocenters. The van der Waals surface area contributed by atoms with E-state index in [1.54, 1.807) is 0 Å². The van der Waals surface area contributed by atoms with Crippen molar-refractivity contribution < 1.29 is 0 Å². The van der Waals surface area contributed by atoms with Gasteiger partial charge >= 0.3 is 0 Å². The third kappa shape index (κ3) is 2.87. The second-order valence-corrected chi connectivity index (χ2v) is 4.16. The minimum absolute atomic E-state index is 0.624. The maximum absolute atomic E-state index is 2.39. The van der Waals surface area contributed by atoms with Crippen LogP contribution < -0.4 is 0 Å². The first-order valence-corrected chi connectivity index (χ1v) is 5.15. The van der Waals surface area contributed by atoms with Crippen LogP contribution in [0.4, 0.5) is 0 Å². The summed E-state index contributed by atoms with van der Waals surface area (Å²) in [5.41, 5.74) is 2.83. The van der Waals surface area contributed by atoms with Crippen molar-refractivity contribution >= 4 is 0 Å². The number of hydrogen-bond donors (Lipinski definition) is 0. The van der Waals surface area contributed by atoms with Gasteiger partial charge in [-0.2, -0.15) is 0 Å². The van der Waals surface area contributed by atoms with Gasteiger partial charge in [-0.25, -0.2) is 0 Å². The van der Waals surface area contributed by atoms with Gasteiger partial charge in [0.25, 0.3) is 0 Å². The lowest BCUT2D eigenvalue weighted by Crippen LogP contribution is -2.10. The smallest absolute Gasteiger partial charge is 0.00152 e. The Morgan fingerprint density at radius 3 is 2.69 bits per heavy atom. The monoisotopic (exact) mass is 176 g/mol. The van der Waals surface area contributed by atoms with Crippen molar-refractivity contribution in [3.8, 4) is 0 Å². The third-order valence-corrected chi connectivity index (χ3v) is 2.55. The second kappa shape index (κ2) is 4.45. The molecule has 0 saturated carbocycles. The Bertz CT molecular complexity index is 249. The normalized spacial score (nSPS) is 26.9. The van der Waals surface area contributed by atoms with Crippen molar-refractivity contribution in [3.63, 3.8) is 0 Å². The second-order valence-electron chi connectivity index (χ2n) is 4.16. The van der Waals surface area contributed by atoms with Crippen LogP contribution >= 0.6 is 0 Å². The highest BCUT2D eigenvalue weighted by Gasteiger charge is 2.15. The number of hydrogen-bond acceptors (Lipinski definition) is 0. The summed E-state index contributed by atoms with van der Waals surface area (Å²) in [6, 6.07) is 0. The van der Waals surface area contributed by atoms with Crippen molar-refractivity contribution in [2.75, 3.05) is 0 Å². The molecule has 0 saturated heterocycles. The SMILES string of the molecule is CC[C@@H]1C=C(C)C=CC1C=C(C)C. The van der Waals surface area contributed by atoms with Crippen LogP contribution in [-0.2, 0) is 0 Å². The maximum Gasteiger partial charge on any atom is 0.00152 e. The van der Waals surface area contributed by atoms with Gasteiger partial charge in [-0.1, -0.05) is 42.4 Å². The van der Waals surface area contributed by atoms with Crippen LogP contribution in [-0.4, -0.2) is 0 Å². The van der Waals surface area contributed by atoms with Crippen LogP contribution in [0.1, 0.15) is 34.1 Å². The third-order valence-electron chi connectivity index (χ3n) is 2.55. The van der Waals surface area contributed by atoms with Gasteiger partial charge in [-0.05, 0) is 33.1 Å². The Balaban J connectivity index is 2.78. The lowest BCUT2D eigenvalue weighted by Gasteiger charge is -2.22. The molecule has 0 heterocycles. The Hall–Kier alpha value is -0.780. The van der Waals surface area contributed by atoms with E-state index in [1.165, 1.54) is 17.6 Å². The average Bonchev–Trinajstić information content (AvgIpc) is 2.07. The molecule has 0 aromatic rings. The summed E-state index contributed by atoms with van der Waals surface area (Å²) < 4.78 is 0. The zero-order valence-corrected chi connectivity index (χ0v) is 9.17. The van der Waals surface area contributed by atoms with Crippen LogP contribution in [0, 0.1) is 11.8 Å². The molecule has 1 rings (SSSR count). The molecule has 0 nitrogen and oxygen atoms in total. The first-order valence-electron chi connectivity index (χ1n) is 5.15. The standard InChI is InChI=1S/C13H20/c1-5-12-9-11(4)6-7-13(12)8-10(2)3/h6-9,12-13H,5H2,1-4H3/t12-,13?/m1/s1. The highest BCUT2D eigenvalue weighted by Crippen LogP contribution is 2.27. The van der Waals surface area contributed by atoms with Gasteiger partial charge in [0.15, 0.2) is 0 Å². The van der Waals surface area contributed by atoms with Crippen LogP contribution in [0.25, 0.3) is 0 Å². The lowest BCUT2D eigenvalue weighted by atomic mass is 9.83. The van der Waals surface area contributed by atoms with E-state index < -0.39 is 0 Å². The fourth-order valence-electron chi connectivity index (χ4n) is 1.86. The summed E-state index contributed by atoms with van der Waals surface area (Å²) in [5, 5.41) is 0. The zero-order valence-electron chi connectivity index (χ0n) is 9.17. The van der Waals surface area contributed by atoms with Crippen molar-refractivity contribution in [3.05, 3.63) is 35.5 Å². The molecular formula is C13H20. The van der Waals surface area contributed by atoms with Crippen LogP contribution in [0.5, 0.6) is 0 Å². The van der Waals surface area contributed by atoms with Crippen LogP contribution in [0.3, 0.4) is 0 Å². The molecule has 0 aliphatic heterocycles. The summed E-state index contributed by atoms with van der Waals surface area (Å²) >= 11 is 0. The van der Waals surface area contributed by atoms with Crippen molar-refractivity contribution in [2.24, 2.45) is 11.8 Å². The van der Waals surface area contributed by atoms with Gasteiger partial charge in [0.05, 0.1) is 0 Å². The van der Waals surface area contributed by atoms with Gasteiger partial charge in [0, 0.05) is 5.92 Å². The summed E-state index contributed by atoms with van der Waals surface area (Å²) in [6.45, 7) is 8.79. The topological polar surface area (TPSA) is 0 Å². The quantitative estimate of drug-likeness (QED) is 0.555. The Morgan fingerprint density at radius 1 is 1.46 bits per heavy atom. The molecule has 0 N–H and O–H groups in total. The van der Waals surface area contributed by atoms with E-state index in [2.05, 4.69) is 52.0 Å². The predicted octanol–water partition coefficient (Wildman–Crippen LogP) is 4.11. The maximum atomic E-state index is 2.39. The van der Waals surface area contributed by atoms with Crippen LogP contribution in [0.2, 0.25) is 0 Å². The van der Waals surface area contributed by atoms with E-state index in [4.69, 9.17) is 0 Å². The van der Waals surface area contributed by atoms with Crippen molar-refractivity contribution in [1.29, 1.82) is 0 Å². The molecule has 0 heteroatoms. The van der Waals surface area contributed by atoms with Gasteiger partial charge in [0.1, 0.15) is 0 Å². The minimum Gasteiger partial charge on any atom is -0.0798 e. The Kier molecular flexibility index (Phi) is 3.53. The molecule has 13 heavy (non-hydrogen) atoms. The fraction of sp³-hybridized carbons (Fsp3) is 0.538. The molecule has 1 aliphatic rings. The molecular weight excluding hydrogens is 156 g/mol. The van der Waals surface area contributed by atoms with Gasteiger partial charge in [0.2, 0.25) is 0 Å². The van der Waals surface area contributed by atoms with E-state index in [1.807, 2.05) is 0 Å². The van der Waals surface area contributed by atoms with E-state index in [0.717, 1.165) is 0 Å². The van der Waals surface area contributed by atoms with Gasteiger partial charge < -0.3 is 0 Å². The number of rotatable bonds is 2.